The van der Waals surface area contributed by atoms with Crippen molar-refractivity contribution in [2.24, 2.45) is 7.05 Å². The highest BCUT2D eigenvalue weighted by molar-refractivity contribution is 6.03. The third kappa shape index (κ3) is 2.01. The number of fused-ring (bicyclic) bond motifs is 1. The van der Waals surface area contributed by atoms with E-state index in [9.17, 15) is 9.90 Å². The lowest BCUT2D eigenvalue weighted by molar-refractivity contribution is 0.0697. The van der Waals surface area contributed by atoms with E-state index in [1.54, 1.807) is 10.9 Å². The van der Waals surface area contributed by atoms with Crippen molar-refractivity contribution in [2.75, 3.05) is 11.4 Å². The predicted molar refractivity (Wildman–Crippen MR) is 76.1 cm³/mol. The molecular formula is C14H18N4O2. The Morgan fingerprint density at radius 2 is 2.25 bits per heavy atom. The number of pyridine rings is 1. The summed E-state index contributed by atoms with van der Waals surface area (Å²) in [5.74, 6) is -0.931. The summed E-state index contributed by atoms with van der Waals surface area (Å²) in [6.45, 7) is 2.97. The first-order valence-corrected chi connectivity index (χ1v) is 6.94. The normalized spacial score (nSPS) is 14.7. The Hall–Kier alpha value is -2.11. The highest BCUT2D eigenvalue weighted by Gasteiger charge is 2.32. The summed E-state index contributed by atoms with van der Waals surface area (Å²) in [5.41, 5.74) is 1.78. The van der Waals surface area contributed by atoms with E-state index in [-0.39, 0.29) is 5.56 Å². The molecule has 0 radical (unpaired) electrons. The Morgan fingerprint density at radius 3 is 2.85 bits per heavy atom. The first-order valence-electron chi connectivity index (χ1n) is 6.94. The molecule has 0 amide bonds. The van der Waals surface area contributed by atoms with Gasteiger partial charge in [0.05, 0.1) is 17.3 Å². The van der Waals surface area contributed by atoms with Gasteiger partial charge in [0.2, 0.25) is 0 Å². The van der Waals surface area contributed by atoms with Crippen molar-refractivity contribution >= 4 is 22.7 Å². The van der Waals surface area contributed by atoms with Crippen molar-refractivity contribution < 1.29 is 9.90 Å². The molecule has 2 heterocycles. The minimum absolute atomic E-state index is 0.269. The van der Waals surface area contributed by atoms with Gasteiger partial charge in [-0.3, -0.25) is 4.68 Å². The van der Waals surface area contributed by atoms with Gasteiger partial charge in [0.25, 0.3) is 0 Å². The van der Waals surface area contributed by atoms with Gasteiger partial charge in [-0.25, -0.2) is 9.78 Å². The van der Waals surface area contributed by atoms with Crippen LogP contribution < -0.4 is 4.90 Å². The van der Waals surface area contributed by atoms with Crippen molar-refractivity contribution in [2.45, 2.75) is 32.2 Å². The number of carbonyl (C=O) groups is 1. The third-order valence-corrected chi connectivity index (χ3v) is 3.70. The minimum atomic E-state index is -0.931. The molecule has 1 fully saturated rings. The summed E-state index contributed by atoms with van der Waals surface area (Å²) in [6, 6.07) is 0.457. The topological polar surface area (TPSA) is 71.2 Å². The molecule has 3 rings (SSSR count). The highest BCUT2D eigenvalue weighted by atomic mass is 16.4. The van der Waals surface area contributed by atoms with Crippen LogP contribution in [0.3, 0.4) is 0 Å². The fraction of sp³-hybridized carbons (Fsp3) is 0.500. The number of anilines is 1. The maximum atomic E-state index is 11.5. The smallest absolute Gasteiger partial charge is 0.339 e. The molecule has 6 nitrogen and oxygen atoms in total. The number of hydrogen-bond acceptors (Lipinski definition) is 4. The van der Waals surface area contributed by atoms with E-state index < -0.39 is 5.97 Å². The van der Waals surface area contributed by atoms with E-state index >= 15 is 0 Å². The highest BCUT2D eigenvalue weighted by Crippen LogP contribution is 2.37. The van der Waals surface area contributed by atoms with Crippen LogP contribution in [0.15, 0.2) is 12.4 Å². The van der Waals surface area contributed by atoms with Gasteiger partial charge < -0.3 is 10.0 Å². The van der Waals surface area contributed by atoms with Crippen LogP contribution >= 0.6 is 0 Å². The van der Waals surface area contributed by atoms with Crippen LogP contribution in [0.1, 0.15) is 36.5 Å². The van der Waals surface area contributed by atoms with Crippen molar-refractivity contribution in [3.05, 3.63) is 18.0 Å². The van der Waals surface area contributed by atoms with Gasteiger partial charge in [-0.1, -0.05) is 6.92 Å². The van der Waals surface area contributed by atoms with Crippen molar-refractivity contribution in [3.8, 4) is 0 Å². The second-order valence-electron chi connectivity index (χ2n) is 5.26. The number of carboxylic acids is 1. The van der Waals surface area contributed by atoms with Gasteiger partial charge >= 0.3 is 5.97 Å². The van der Waals surface area contributed by atoms with Crippen molar-refractivity contribution in [1.29, 1.82) is 0 Å². The molecule has 0 unspecified atom stereocenters. The number of rotatable bonds is 5. The molecule has 106 valence electrons. The maximum absolute atomic E-state index is 11.5. The largest absolute Gasteiger partial charge is 0.478 e. The zero-order chi connectivity index (χ0) is 14.3. The molecule has 20 heavy (non-hydrogen) atoms. The van der Waals surface area contributed by atoms with E-state index in [4.69, 9.17) is 0 Å². The number of carboxylic acid groups (broad SMARTS) is 1. The van der Waals surface area contributed by atoms with Gasteiger partial charge in [-0.2, -0.15) is 5.10 Å². The number of nitrogens with zero attached hydrogens (tertiary/aromatic N) is 4. The predicted octanol–water partition coefficient (Wildman–Crippen LogP) is 2.05. The van der Waals surface area contributed by atoms with Gasteiger partial charge in [0.15, 0.2) is 5.65 Å². The molecule has 6 heteroatoms. The summed E-state index contributed by atoms with van der Waals surface area (Å²) in [5, 5.41) is 14.5. The molecule has 0 atom stereocenters. The summed E-state index contributed by atoms with van der Waals surface area (Å²) >= 11 is 0. The number of aromatic nitrogens is 3. The van der Waals surface area contributed by atoms with E-state index in [1.165, 1.54) is 6.20 Å². The first kappa shape index (κ1) is 12.9. The number of aryl methyl sites for hydroxylation is 1. The Labute approximate surface area is 117 Å². The quantitative estimate of drug-likeness (QED) is 0.903. The molecule has 0 aliphatic heterocycles. The molecule has 1 saturated carbocycles. The van der Waals surface area contributed by atoms with Gasteiger partial charge in [0, 0.05) is 25.8 Å². The fourth-order valence-corrected chi connectivity index (χ4v) is 2.65. The van der Waals surface area contributed by atoms with Crippen LogP contribution in [0.4, 0.5) is 5.69 Å². The average molecular weight is 274 g/mol. The SMILES string of the molecule is CCCN(c1c(C(=O)O)cnc2c1cnn2C)C1CC1. The lowest BCUT2D eigenvalue weighted by atomic mass is 10.1. The van der Waals surface area contributed by atoms with E-state index in [0.717, 1.165) is 42.5 Å². The van der Waals surface area contributed by atoms with Crippen LogP contribution in [-0.2, 0) is 7.05 Å². The zero-order valence-electron chi connectivity index (χ0n) is 11.7. The van der Waals surface area contributed by atoms with Crippen molar-refractivity contribution in [3.63, 3.8) is 0 Å². The molecule has 2 aromatic rings. The van der Waals surface area contributed by atoms with Crippen molar-refractivity contribution in [1.82, 2.24) is 14.8 Å². The van der Waals surface area contributed by atoms with Gasteiger partial charge in [0.1, 0.15) is 5.56 Å². The lowest BCUT2D eigenvalue weighted by Gasteiger charge is -2.26. The van der Waals surface area contributed by atoms with Gasteiger partial charge in [-0.15, -0.1) is 0 Å². The van der Waals surface area contributed by atoms with E-state index in [2.05, 4.69) is 21.9 Å². The standard InChI is InChI=1S/C14H18N4O2/c1-3-6-18(9-4-5-9)12-10-8-16-17(2)13(10)15-7-11(12)14(19)20/h7-9H,3-6H2,1-2H3,(H,19,20). The maximum Gasteiger partial charge on any atom is 0.339 e. The van der Waals surface area contributed by atoms with Crippen LogP contribution in [0.2, 0.25) is 0 Å². The Bertz CT molecular complexity index is 660. The Balaban J connectivity index is 2.22. The lowest BCUT2D eigenvalue weighted by Crippen LogP contribution is -2.28. The number of aromatic carboxylic acids is 1. The molecule has 1 N–H and O–H groups in total. The van der Waals surface area contributed by atoms with Gasteiger partial charge in [-0.05, 0) is 19.3 Å². The zero-order valence-corrected chi connectivity index (χ0v) is 11.7. The van der Waals surface area contributed by atoms with Crippen LogP contribution in [-0.4, -0.2) is 38.4 Å². The summed E-state index contributed by atoms with van der Waals surface area (Å²) in [4.78, 5) is 18.0. The second kappa shape index (κ2) is 4.77. The summed E-state index contributed by atoms with van der Waals surface area (Å²) in [6.07, 6.45) is 6.41. The number of hydrogen-bond donors (Lipinski definition) is 1. The molecule has 0 saturated heterocycles. The first-order chi connectivity index (χ1) is 9.63. The fourth-order valence-electron chi connectivity index (χ4n) is 2.65. The van der Waals surface area contributed by atoms with E-state index in [0.29, 0.717) is 6.04 Å². The van der Waals surface area contributed by atoms with E-state index in [1.807, 2.05) is 7.05 Å². The summed E-state index contributed by atoms with van der Waals surface area (Å²) in [7, 11) is 1.82. The molecule has 1 aliphatic rings. The second-order valence-corrected chi connectivity index (χ2v) is 5.26. The van der Waals surface area contributed by atoms with Crippen LogP contribution in [0, 0.1) is 0 Å². The monoisotopic (exact) mass is 274 g/mol. The van der Waals surface area contributed by atoms with Crippen LogP contribution in [0.25, 0.3) is 11.0 Å². The Kier molecular flexibility index (Phi) is 3.08. The molecule has 1 aliphatic carbocycles. The molecule has 0 aromatic carbocycles. The molecule has 2 aromatic heterocycles. The average Bonchev–Trinajstić information content (AvgIpc) is 3.19. The summed E-state index contributed by atoms with van der Waals surface area (Å²) < 4.78 is 1.68. The minimum Gasteiger partial charge on any atom is -0.478 e. The molecule has 0 bridgehead atoms. The molecule has 0 spiro atoms. The molecular weight excluding hydrogens is 256 g/mol. The third-order valence-electron chi connectivity index (χ3n) is 3.70. The van der Waals surface area contributed by atoms with Crippen LogP contribution in [0.5, 0.6) is 0 Å². The Morgan fingerprint density at radius 1 is 1.50 bits per heavy atom.